The van der Waals surface area contributed by atoms with Gasteiger partial charge in [-0.05, 0) is 18.1 Å². The van der Waals surface area contributed by atoms with Crippen LogP contribution in [-0.4, -0.2) is 24.2 Å². The van der Waals surface area contributed by atoms with Gasteiger partial charge < -0.3 is 9.90 Å². The van der Waals surface area contributed by atoms with Crippen molar-refractivity contribution in [3.05, 3.63) is 0 Å². The van der Waals surface area contributed by atoms with Crippen LogP contribution in [0, 0.1) is 0 Å². The Balaban J connectivity index is 0. The Bertz CT molecular complexity index is 125. The molecule has 0 aliphatic carbocycles. The maximum absolute atomic E-state index is 9.49. The first-order valence-electron chi connectivity index (χ1n) is 3.90. The van der Waals surface area contributed by atoms with Gasteiger partial charge in [0.05, 0.1) is 0 Å². The van der Waals surface area contributed by atoms with E-state index in [-0.39, 0.29) is 5.04 Å². The molecule has 3 nitrogen and oxygen atoms in total. The summed E-state index contributed by atoms with van der Waals surface area (Å²) < 4.78 is 0. The summed E-state index contributed by atoms with van der Waals surface area (Å²) in [5, 5.41) is 7.55. The number of carbonyl (C=O) groups is 1. The maximum atomic E-state index is 9.49. The fourth-order valence-electron chi connectivity index (χ4n) is 0. The van der Waals surface area contributed by atoms with E-state index in [4.69, 9.17) is 9.90 Å². The molecule has 0 aromatic rings. The van der Waals surface area contributed by atoms with Crippen LogP contribution in [0.2, 0.25) is 18.1 Å². The molecule has 4 heteroatoms. The highest BCUT2D eigenvalue weighted by molar-refractivity contribution is 6.72. The first-order valence-corrected chi connectivity index (χ1v) is 6.85. The van der Waals surface area contributed by atoms with Gasteiger partial charge in [0.1, 0.15) is 0 Å². The van der Waals surface area contributed by atoms with E-state index in [0.29, 0.717) is 0 Å². The van der Waals surface area contributed by atoms with Gasteiger partial charge in [-0.3, -0.25) is 4.79 Å². The average molecular weight is 192 g/mol. The van der Waals surface area contributed by atoms with E-state index < -0.39 is 14.3 Å². The smallest absolute Gasteiger partial charge is 0.300 e. The minimum Gasteiger partial charge on any atom is -0.481 e. The molecule has 74 valence electrons. The molecule has 0 amide bonds. The zero-order valence-electron chi connectivity index (χ0n) is 8.80. The van der Waals surface area contributed by atoms with Crippen molar-refractivity contribution < 1.29 is 14.7 Å². The molecule has 0 unspecified atom stereocenters. The van der Waals surface area contributed by atoms with Crippen molar-refractivity contribution in [2.75, 3.05) is 0 Å². The number of rotatable bonds is 0. The Morgan fingerprint density at radius 1 is 1.25 bits per heavy atom. The molecule has 0 aliphatic rings. The normalized spacial score (nSPS) is 11.6. The van der Waals surface area contributed by atoms with Gasteiger partial charge >= 0.3 is 0 Å². The lowest BCUT2D eigenvalue weighted by atomic mass is 10.2. The lowest BCUT2D eigenvalue weighted by molar-refractivity contribution is -0.134. The summed E-state index contributed by atoms with van der Waals surface area (Å²) in [4.78, 5) is 18.5. The van der Waals surface area contributed by atoms with E-state index in [1.165, 1.54) is 0 Å². The number of hydrogen-bond donors (Lipinski definition) is 2. The zero-order valence-corrected chi connectivity index (χ0v) is 9.80. The Morgan fingerprint density at radius 2 is 1.33 bits per heavy atom. The molecule has 0 bridgehead atoms. The van der Waals surface area contributed by atoms with Crippen molar-refractivity contribution in [1.29, 1.82) is 0 Å². The van der Waals surface area contributed by atoms with E-state index in [1.807, 2.05) is 13.1 Å². The highest BCUT2D eigenvalue weighted by Gasteiger charge is 2.32. The minimum absolute atomic E-state index is 0.132. The Kier molecular flexibility index (Phi) is 5.46. The van der Waals surface area contributed by atoms with Gasteiger partial charge in [0.15, 0.2) is 8.32 Å². The topological polar surface area (TPSA) is 57.5 Å². The largest absolute Gasteiger partial charge is 0.481 e. The van der Waals surface area contributed by atoms with Crippen LogP contribution in [0.1, 0.15) is 27.7 Å². The third-order valence-electron chi connectivity index (χ3n) is 1.84. The average Bonchev–Trinajstić information content (AvgIpc) is 1.55. The molecule has 0 heterocycles. The molecular formula is C8H20O3Si. The van der Waals surface area contributed by atoms with Crippen LogP contribution in [0.15, 0.2) is 0 Å². The summed E-state index contributed by atoms with van der Waals surface area (Å²) in [5.41, 5.74) is 0. The fourth-order valence-corrected chi connectivity index (χ4v) is 0. The molecule has 0 aliphatic heterocycles. The fraction of sp³-hybridized carbons (Fsp3) is 0.875. The van der Waals surface area contributed by atoms with Gasteiger partial charge in [0.2, 0.25) is 0 Å². The van der Waals surface area contributed by atoms with Crippen LogP contribution < -0.4 is 0 Å². The SMILES string of the molecule is CC(=O)O.CC(C)(C)[Si](C)(C)O. The monoisotopic (exact) mass is 192 g/mol. The van der Waals surface area contributed by atoms with E-state index in [0.717, 1.165) is 6.92 Å². The van der Waals surface area contributed by atoms with E-state index in [2.05, 4.69) is 20.8 Å². The second-order valence-electron chi connectivity index (χ2n) is 4.33. The number of carboxylic acids is 1. The summed E-state index contributed by atoms with van der Waals surface area (Å²) in [7, 11) is -1.86. The lowest BCUT2D eigenvalue weighted by Crippen LogP contribution is -2.36. The lowest BCUT2D eigenvalue weighted by Gasteiger charge is -2.30. The van der Waals surface area contributed by atoms with Crippen LogP contribution in [0.25, 0.3) is 0 Å². The van der Waals surface area contributed by atoms with Crippen LogP contribution in [0.5, 0.6) is 0 Å². The molecule has 12 heavy (non-hydrogen) atoms. The molecule has 0 aromatic carbocycles. The van der Waals surface area contributed by atoms with Gasteiger partial charge in [-0.1, -0.05) is 20.8 Å². The standard InChI is InChI=1S/C6H16OSi.C2H4O2/c1-6(2,3)8(4,5)7;1-2(3)4/h7H,1-5H3;1H3,(H,3,4). The first-order chi connectivity index (χ1) is 4.98. The molecule has 0 fully saturated rings. The summed E-state index contributed by atoms with van der Waals surface area (Å²) >= 11 is 0. The van der Waals surface area contributed by atoms with Crippen LogP contribution in [-0.2, 0) is 4.79 Å². The second kappa shape index (κ2) is 4.62. The summed E-state index contributed by atoms with van der Waals surface area (Å²) in [6.07, 6.45) is 0. The molecule has 0 saturated heterocycles. The van der Waals surface area contributed by atoms with Crippen molar-refractivity contribution in [2.45, 2.75) is 45.8 Å². The van der Waals surface area contributed by atoms with Gasteiger partial charge in [-0.2, -0.15) is 0 Å². The minimum atomic E-state index is -1.86. The summed E-state index contributed by atoms with van der Waals surface area (Å²) in [6, 6.07) is 0. The number of carboxylic acid groups (broad SMARTS) is 1. The van der Waals surface area contributed by atoms with Gasteiger partial charge in [-0.25, -0.2) is 0 Å². The highest BCUT2D eigenvalue weighted by atomic mass is 28.4. The van der Waals surface area contributed by atoms with Crippen LogP contribution in [0.3, 0.4) is 0 Å². The molecule has 0 spiro atoms. The Hall–Kier alpha value is -0.353. The quantitative estimate of drug-likeness (QED) is 0.578. The predicted octanol–water partition coefficient (Wildman–Crippen LogP) is 2.07. The Labute approximate surface area is 75.6 Å². The maximum Gasteiger partial charge on any atom is 0.300 e. The molecule has 0 atom stereocenters. The summed E-state index contributed by atoms with van der Waals surface area (Å²) in [5.74, 6) is -0.833. The van der Waals surface area contributed by atoms with Gasteiger partial charge in [-0.15, -0.1) is 0 Å². The van der Waals surface area contributed by atoms with Crippen molar-refractivity contribution in [3.63, 3.8) is 0 Å². The van der Waals surface area contributed by atoms with Gasteiger partial charge in [0, 0.05) is 6.92 Å². The molecule has 0 saturated carbocycles. The molecule has 0 aromatic heterocycles. The van der Waals surface area contributed by atoms with Crippen molar-refractivity contribution in [3.8, 4) is 0 Å². The predicted molar refractivity (Wildman–Crippen MR) is 52.7 cm³/mol. The van der Waals surface area contributed by atoms with E-state index in [9.17, 15) is 4.80 Å². The van der Waals surface area contributed by atoms with Crippen molar-refractivity contribution in [1.82, 2.24) is 0 Å². The third kappa shape index (κ3) is 9.65. The zero-order chi connectivity index (χ0) is 10.6. The first kappa shape index (κ1) is 14.2. The van der Waals surface area contributed by atoms with Gasteiger partial charge in [0.25, 0.3) is 5.97 Å². The molecule has 2 N–H and O–H groups in total. The van der Waals surface area contributed by atoms with Crippen molar-refractivity contribution >= 4 is 14.3 Å². The highest BCUT2D eigenvalue weighted by Crippen LogP contribution is 2.33. The molecular weight excluding hydrogens is 172 g/mol. The summed E-state index contributed by atoms with van der Waals surface area (Å²) in [6.45, 7) is 11.3. The van der Waals surface area contributed by atoms with Crippen LogP contribution in [0.4, 0.5) is 0 Å². The van der Waals surface area contributed by atoms with E-state index >= 15 is 0 Å². The number of aliphatic carboxylic acids is 1. The van der Waals surface area contributed by atoms with Crippen molar-refractivity contribution in [2.24, 2.45) is 0 Å². The third-order valence-corrected chi connectivity index (χ3v) is 5.51. The molecule has 0 radical (unpaired) electrons. The van der Waals surface area contributed by atoms with E-state index in [1.54, 1.807) is 0 Å². The van der Waals surface area contributed by atoms with Crippen LogP contribution >= 0.6 is 0 Å². The molecule has 0 rings (SSSR count). The Morgan fingerprint density at radius 3 is 1.33 bits per heavy atom. The second-order valence-corrected chi connectivity index (χ2v) is 8.95. The number of hydrogen-bond acceptors (Lipinski definition) is 2.